The molecule has 1 fully saturated rings. The molecule has 0 aromatic heterocycles. The average Bonchev–Trinajstić information content (AvgIpc) is 2.33. The molecule has 1 saturated heterocycles. The number of nitrogens with zero attached hydrogens (tertiary/aromatic N) is 1. The summed E-state index contributed by atoms with van der Waals surface area (Å²) in [5, 5.41) is 9.90. The van der Waals surface area contributed by atoms with Crippen LogP contribution in [0.3, 0.4) is 0 Å². The lowest BCUT2D eigenvalue weighted by atomic mass is 9.89. The van der Waals surface area contributed by atoms with Gasteiger partial charge in [-0.1, -0.05) is 42.5 Å². The van der Waals surface area contributed by atoms with E-state index in [1.165, 1.54) is 0 Å². The molecule has 0 radical (unpaired) electrons. The predicted octanol–water partition coefficient (Wildman–Crippen LogP) is 1.72. The van der Waals surface area contributed by atoms with Gasteiger partial charge in [0.15, 0.2) is 5.78 Å². The van der Waals surface area contributed by atoms with E-state index in [2.05, 4.69) is 0 Å². The van der Waals surface area contributed by atoms with Gasteiger partial charge < -0.3 is 5.11 Å². The monoisotopic (exact) mass is 245 g/mol. The first-order chi connectivity index (χ1) is 8.49. The first kappa shape index (κ1) is 13.0. The number of carbonyl (C=O) groups is 1. The zero-order valence-corrected chi connectivity index (χ0v) is 10.8. The van der Waals surface area contributed by atoms with Crippen LogP contribution in [0.2, 0.25) is 0 Å². The standard InChI is InChI=1S/C15H19NO2/c1-15(18)11-16(2)13(10-14(15)17)9-8-12-6-4-3-5-7-12/h3-9,13,18H,10-11H2,1-2H3/b9-8+. The molecule has 1 aliphatic heterocycles. The Morgan fingerprint density at radius 2 is 2.06 bits per heavy atom. The zero-order valence-electron chi connectivity index (χ0n) is 10.8. The Labute approximate surface area is 108 Å². The highest BCUT2D eigenvalue weighted by molar-refractivity contribution is 5.88. The van der Waals surface area contributed by atoms with Crippen LogP contribution in [0.1, 0.15) is 18.9 Å². The Hall–Kier alpha value is -1.45. The van der Waals surface area contributed by atoms with Crippen LogP contribution in [0.25, 0.3) is 6.08 Å². The number of hydrogen-bond acceptors (Lipinski definition) is 3. The maximum atomic E-state index is 11.8. The van der Waals surface area contributed by atoms with Crippen LogP contribution in [-0.4, -0.2) is 41.0 Å². The minimum Gasteiger partial charge on any atom is -0.381 e. The van der Waals surface area contributed by atoms with E-state index in [1.807, 2.05) is 54.4 Å². The topological polar surface area (TPSA) is 40.5 Å². The molecule has 2 atom stereocenters. The lowest BCUT2D eigenvalue weighted by Crippen LogP contribution is -2.54. The second kappa shape index (κ2) is 5.04. The minimum absolute atomic E-state index is 0.0675. The summed E-state index contributed by atoms with van der Waals surface area (Å²) in [6, 6.07) is 10.1. The number of aliphatic hydroxyl groups is 1. The van der Waals surface area contributed by atoms with Crippen LogP contribution in [0.5, 0.6) is 0 Å². The SMILES string of the molecule is CN1CC(C)(O)C(=O)CC1/C=C/c1ccccc1. The molecule has 3 nitrogen and oxygen atoms in total. The van der Waals surface area contributed by atoms with Gasteiger partial charge in [0.05, 0.1) is 0 Å². The summed E-state index contributed by atoms with van der Waals surface area (Å²) in [5.41, 5.74) is -0.0815. The number of benzene rings is 1. The number of likely N-dealkylation sites (N-methyl/N-ethyl adjacent to an activating group) is 1. The van der Waals surface area contributed by atoms with Crippen molar-refractivity contribution in [3.8, 4) is 0 Å². The Kier molecular flexibility index (Phi) is 3.64. The van der Waals surface area contributed by atoms with E-state index < -0.39 is 5.60 Å². The molecule has 1 aromatic rings. The zero-order chi connectivity index (χ0) is 13.2. The van der Waals surface area contributed by atoms with E-state index in [0.717, 1.165) is 5.56 Å². The molecule has 0 amide bonds. The van der Waals surface area contributed by atoms with Crippen molar-refractivity contribution in [3.63, 3.8) is 0 Å². The van der Waals surface area contributed by atoms with E-state index >= 15 is 0 Å². The molecule has 2 rings (SSSR count). The van der Waals surface area contributed by atoms with Gasteiger partial charge in [0.2, 0.25) is 0 Å². The molecule has 3 heteroatoms. The molecule has 0 bridgehead atoms. The smallest absolute Gasteiger partial charge is 0.167 e. The number of ketones is 1. The van der Waals surface area contributed by atoms with Crippen molar-refractivity contribution in [2.24, 2.45) is 0 Å². The van der Waals surface area contributed by atoms with E-state index in [-0.39, 0.29) is 11.8 Å². The molecule has 1 heterocycles. The van der Waals surface area contributed by atoms with Gasteiger partial charge in [-0.15, -0.1) is 0 Å². The largest absolute Gasteiger partial charge is 0.381 e. The maximum absolute atomic E-state index is 11.8. The lowest BCUT2D eigenvalue weighted by molar-refractivity contribution is -0.143. The molecule has 0 saturated carbocycles. The number of β-amino-alcohol motifs (C(OH)–C–C–N with tert-alkyl or cyclic N) is 1. The van der Waals surface area contributed by atoms with Crippen LogP contribution in [0.4, 0.5) is 0 Å². The van der Waals surface area contributed by atoms with E-state index in [4.69, 9.17) is 0 Å². The molecular weight excluding hydrogens is 226 g/mol. The van der Waals surface area contributed by atoms with Crippen molar-refractivity contribution in [1.29, 1.82) is 0 Å². The number of hydrogen-bond donors (Lipinski definition) is 1. The summed E-state index contributed by atoms with van der Waals surface area (Å²) < 4.78 is 0. The van der Waals surface area contributed by atoms with Gasteiger partial charge >= 0.3 is 0 Å². The van der Waals surface area contributed by atoms with Crippen molar-refractivity contribution in [3.05, 3.63) is 42.0 Å². The predicted molar refractivity (Wildman–Crippen MR) is 72.1 cm³/mol. The lowest BCUT2D eigenvalue weighted by Gasteiger charge is -2.38. The first-order valence-electron chi connectivity index (χ1n) is 6.18. The number of rotatable bonds is 2. The van der Waals surface area contributed by atoms with Gasteiger partial charge in [0, 0.05) is 19.0 Å². The number of piperidine rings is 1. The van der Waals surface area contributed by atoms with E-state index in [0.29, 0.717) is 13.0 Å². The van der Waals surface area contributed by atoms with Gasteiger partial charge in [0.25, 0.3) is 0 Å². The van der Waals surface area contributed by atoms with E-state index in [9.17, 15) is 9.90 Å². The highest BCUT2D eigenvalue weighted by Crippen LogP contribution is 2.22. The van der Waals surface area contributed by atoms with Crippen molar-refractivity contribution >= 4 is 11.9 Å². The summed E-state index contributed by atoms with van der Waals surface area (Å²) in [4.78, 5) is 13.8. The molecule has 18 heavy (non-hydrogen) atoms. The Morgan fingerprint density at radius 1 is 1.39 bits per heavy atom. The quantitative estimate of drug-likeness (QED) is 0.862. The Morgan fingerprint density at radius 3 is 2.72 bits per heavy atom. The summed E-state index contributed by atoms with van der Waals surface area (Å²) in [6.45, 7) is 1.97. The third-order valence-electron chi connectivity index (χ3n) is 3.43. The maximum Gasteiger partial charge on any atom is 0.167 e. The van der Waals surface area contributed by atoms with Crippen LogP contribution < -0.4 is 0 Å². The van der Waals surface area contributed by atoms with Crippen LogP contribution in [0.15, 0.2) is 36.4 Å². The van der Waals surface area contributed by atoms with Crippen molar-refractivity contribution < 1.29 is 9.90 Å². The highest BCUT2D eigenvalue weighted by Gasteiger charge is 2.38. The normalized spacial score (nSPS) is 29.9. The summed E-state index contributed by atoms with van der Waals surface area (Å²) in [5.74, 6) is -0.0803. The van der Waals surface area contributed by atoms with Gasteiger partial charge in [0.1, 0.15) is 5.60 Å². The van der Waals surface area contributed by atoms with Crippen molar-refractivity contribution in [1.82, 2.24) is 4.90 Å². The molecule has 1 N–H and O–H groups in total. The molecule has 1 aromatic carbocycles. The van der Waals surface area contributed by atoms with Gasteiger partial charge in [-0.3, -0.25) is 9.69 Å². The van der Waals surface area contributed by atoms with Crippen LogP contribution in [-0.2, 0) is 4.79 Å². The van der Waals surface area contributed by atoms with Gasteiger partial charge in [-0.05, 0) is 19.5 Å². The number of Topliss-reactive ketones (excluding diaryl/α,β-unsaturated/α-hetero) is 1. The minimum atomic E-state index is -1.20. The number of likely N-dealkylation sites (tertiary alicyclic amines) is 1. The average molecular weight is 245 g/mol. The third kappa shape index (κ3) is 2.86. The summed E-state index contributed by atoms with van der Waals surface area (Å²) in [6.07, 6.45) is 4.42. The molecule has 1 aliphatic rings. The molecular formula is C15H19NO2. The Bertz CT molecular complexity index is 451. The van der Waals surface area contributed by atoms with Crippen molar-refractivity contribution in [2.75, 3.05) is 13.6 Å². The fourth-order valence-corrected chi connectivity index (χ4v) is 2.26. The molecule has 96 valence electrons. The molecule has 2 unspecified atom stereocenters. The third-order valence-corrected chi connectivity index (χ3v) is 3.43. The van der Waals surface area contributed by atoms with Crippen LogP contribution in [0, 0.1) is 0 Å². The van der Waals surface area contributed by atoms with Crippen LogP contribution >= 0.6 is 0 Å². The first-order valence-corrected chi connectivity index (χ1v) is 6.18. The Balaban J connectivity index is 2.07. The fraction of sp³-hybridized carbons (Fsp3) is 0.400. The highest BCUT2D eigenvalue weighted by atomic mass is 16.3. The molecule has 0 spiro atoms. The summed E-state index contributed by atoms with van der Waals surface area (Å²) in [7, 11) is 1.93. The number of carbonyl (C=O) groups excluding carboxylic acids is 1. The van der Waals surface area contributed by atoms with Crippen molar-refractivity contribution in [2.45, 2.75) is 25.0 Å². The molecule has 0 aliphatic carbocycles. The second-order valence-corrected chi connectivity index (χ2v) is 5.15. The van der Waals surface area contributed by atoms with E-state index in [1.54, 1.807) is 6.92 Å². The van der Waals surface area contributed by atoms with Gasteiger partial charge in [-0.25, -0.2) is 0 Å². The second-order valence-electron chi connectivity index (χ2n) is 5.15. The van der Waals surface area contributed by atoms with Gasteiger partial charge in [-0.2, -0.15) is 0 Å². The fourth-order valence-electron chi connectivity index (χ4n) is 2.26. The summed E-state index contributed by atoms with van der Waals surface area (Å²) >= 11 is 0.